The van der Waals surface area contributed by atoms with Crippen molar-refractivity contribution >= 4 is 35.8 Å². The normalized spacial score (nSPS) is 10.2. The van der Waals surface area contributed by atoms with Gasteiger partial charge in [-0.2, -0.15) is 0 Å². The zero-order chi connectivity index (χ0) is 15.7. The summed E-state index contributed by atoms with van der Waals surface area (Å²) in [5.41, 5.74) is 0. The molecule has 0 atom stereocenters. The van der Waals surface area contributed by atoms with E-state index in [-0.39, 0.29) is 0 Å². The zero-order valence-corrected chi connectivity index (χ0v) is 9.47. The molecular formula is C10H6O10. The van der Waals surface area contributed by atoms with E-state index in [1.807, 2.05) is 0 Å². The molecule has 106 valence electrons. The monoisotopic (exact) mass is 286 g/mol. The van der Waals surface area contributed by atoms with Crippen molar-refractivity contribution in [2.45, 2.75) is 0 Å². The van der Waals surface area contributed by atoms with Crippen LogP contribution in [0.25, 0.3) is 0 Å². The van der Waals surface area contributed by atoms with Crippen LogP contribution in [-0.2, 0) is 38.2 Å². The van der Waals surface area contributed by atoms with Crippen molar-refractivity contribution < 1.29 is 48.5 Å². The molecule has 0 aromatic carbocycles. The number of rotatable bonds is 4. The summed E-state index contributed by atoms with van der Waals surface area (Å²) in [7, 11) is 0. The lowest BCUT2D eigenvalue weighted by Crippen LogP contribution is -2.24. The first-order chi connectivity index (χ1) is 9.22. The molecule has 0 rings (SSSR count). The molecule has 0 heterocycles. The summed E-state index contributed by atoms with van der Waals surface area (Å²) in [5.74, 6) is -9.67. The number of aliphatic carboxylic acids is 2. The van der Waals surface area contributed by atoms with Crippen LogP contribution in [0.4, 0.5) is 0 Å². The van der Waals surface area contributed by atoms with Crippen LogP contribution in [0, 0.1) is 0 Å². The maximum absolute atomic E-state index is 10.9. The number of hydrogen-bond acceptors (Lipinski definition) is 8. The third-order valence-corrected chi connectivity index (χ3v) is 1.28. The van der Waals surface area contributed by atoms with E-state index in [2.05, 4.69) is 9.47 Å². The zero-order valence-electron chi connectivity index (χ0n) is 9.47. The minimum atomic E-state index is -1.87. The summed E-state index contributed by atoms with van der Waals surface area (Å²) in [6, 6.07) is 0. The molecule has 0 saturated heterocycles. The second kappa shape index (κ2) is 7.92. The number of carboxylic acid groups (broad SMARTS) is 2. The lowest BCUT2D eigenvalue weighted by Gasteiger charge is -1.98. The summed E-state index contributed by atoms with van der Waals surface area (Å²) in [5, 5.41) is 16.3. The number of esters is 4. The number of hydrogen-bond donors (Lipinski definition) is 2. The number of carboxylic acids is 2. The van der Waals surface area contributed by atoms with Crippen LogP contribution >= 0.6 is 0 Å². The van der Waals surface area contributed by atoms with E-state index in [1.165, 1.54) is 0 Å². The molecule has 0 radical (unpaired) electrons. The molecule has 10 nitrogen and oxygen atoms in total. The fourth-order valence-electron chi connectivity index (χ4n) is 0.613. The quantitative estimate of drug-likeness (QED) is 0.266. The molecule has 2 N–H and O–H groups in total. The molecule has 10 heteroatoms. The number of carbonyl (C=O) groups is 6. The largest absolute Gasteiger partial charge is 0.478 e. The van der Waals surface area contributed by atoms with E-state index in [0.29, 0.717) is 24.3 Å². The third kappa shape index (κ3) is 7.89. The Morgan fingerprint density at radius 1 is 0.600 bits per heavy atom. The van der Waals surface area contributed by atoms with Gasteiger partial charge < -0.3 is 19.7 Å². The van der Waals surface area contributed by atoms with E-state index in [9.17, 15) is 28.8 Å². The molecule has 0 aromatic heterocycles. The summed E-state index contributed by atoms with van der Waals surface area (Å²) in [6.07, 6.45) is 1.39. The van der Waals surface area contributed by atoms with Gasteiger partial charge in [0.2, 0.25) is 0 Å². The average molecular weight is 286 g/mol. The van der Waals surface area contributed by atoms with E-state index in [4.69, 9.17) is 10.2 Å². The maximum Gasteiger partial charge on any atom is 0.425 e. The highest BCUT2D eigenvalue weighted by molar-refractivity contribution is 6.33. The van der Waals surface area contributed by atoms with Gasteiger partial charge in [0.15, 0.2) is 0 Å². The van der Waals surface area contributed by atoms with E-state index >= 15 is 0 Å². The van der Waals surface area contributed by atoms with Gasteiger partial charge in [-0.3, -0.25) is 0 Å². The fourth-order valence-corrected chi connectivity index (χ4v) is 0.613. The molecule has 20 heavy (non-hydrogen) atoms. The molecule has 0 fully saturated rings. The van der Waals surface area contributed by atoms with Gasteiger partial charge in [-0.25, -0.2) is 28.8 Å². The molecule has 0 bridgehead atoms. The van der Waals surface area contributed by atoms with Crippen LogP contribution < -0.4 is 0 Å². The van der Waals surface area contributed by atoms with Gasteiger partial charge in [0.25, 0.3) is 0 Å². The Morgan fingerprint density at radius 3 is 1.15 bits per heavy atom. The van der Waals surface area contributed by atoms with Gasteiger partial charge in [-0.1, -0.05) is 0 Å². The Morgan fingerprint density at radius 2 is 0.900 bits per heavy atom. The Balaban J connectivity index is 4.39. The van der Waals surface area contributed by atoms with Gasteiger partial charge in [-0.15, -0.1) is 0 Å². The Labute approximate surface area is 109 Å². The minimum absolute atomic E-state index is 0.347. The van der Waals surface area contributed by atoms with Crippen LogP contribution in [0.3, 0.4) is 0 Å². The molecule has 0 aliphatic heterocycles. The first-order valence-corrected chi connectivity index (χ1v) is 4.56. The number of ether oxygens (including phenoxy) is 2. The third-order valence-electron chi connectivity index (χ3n) is 1.28. The molecule has 0 saturated carbocycles. The van der Waals surface area contributed by atoms with Crippen LogP contribution in [0.15, 0.2) is 24.3 Å². The van der Waals surface area contributed by atoms with Gasteiger partial charge in [0.1, 0.15) is 0 Å². The van der Waals surface area contributed by atoms with Crippen LogP contribution in [0.1, 0.15) is 0 Å². The fraction of sp³-hybridized carbons (Fsp3) is 0. The summed E-state index contributed by atoms with van der Waals surface area (Å²) < 4.78 is 7.59. The first-order valence-electron chi connectivity index (χ1n) is 4.56. The van der Waals surface area contributed by atoms with Crippen molar-refractivity contribution in [1.82, 2.24) is 0 Å². The predicted octanol–water partition coefficient (Wildman–Crippen LogP) is -1.59. The molecular weight excluding hydrogens is 280 g/mol. The summed E-state index contributed by atoms with van der Waals surface area (Å²) in [4.78, 5) is 63.4. The molecule has 0 aromatic rings. The highest BCUT2D eigenvalue weighted by Gasteiger charge is 2.22. The summed E-state index contributed by atoms with van der Waals surface area (Å²) >= 11 is 0. The summed E-state index contributed by atoms with van der Waals surface area (Å²) in [6.45, 7) is 0. The average Bonchev–Trinajstić information content (AvgIpc) is 2.33. The van der Waals surface area contributed by atoms with Crippen LogP contribution in [0.2, 0.25) is 0 Å². The highest BCUT2D eigenvalue weighted by Crippen LogP contribution is 1.90. The SMILES string of the molecule is O=C(O)/C=C/C(=O)OC(=O)C(=O)OC(=O)/C=C/C(=O)O. The maximum atomic E-state index is 10.9. The van der Waals surface area contributed by atoms with E-state index < -0.39 is 35.8 Å². The Hall–Kier alpha value is -3.30. The van der Waals surface area contributed by atoms with Gasteiger partial charge in [0, 0.05) is 24.3 Å². The lowest BCUT2D eigenvalue weighted by molar-refractivity contribution is -0.174. The van der Waals surface area contributed by atoms with Crippen molar-refractivity contribution in [2.75, 3.05) is 0 Å². The lowest BCUT2D eigenvalue weighted by atomic mass is 10.5. The number of carbonyl (C=O) groups excluding carboxylic acids is 4. The van der Waals surface area contributed by atoms with Crippen molar-refractivity contribution in [3.63, 3.8) is 0 Å². The standard InChI is InChI=1S/C10H6O10/c11-5(12)1-3-7(15)19-9(17)10(18)20-8(16)4-2-6(13)14/h1-4H,(H,11,12)(H,13,14)/b3-1+,4-2+. The topological polar surface area (TPSA) is 161 Å². The smallest absolute Gasteiger partial charge is 0.425 e. The van der Waals surface area contributed by atoms with Crippen molar-refractivity contribution in [2.24, 2.45) is 0 Å². The van der Waals surface area contributed by atoms with Crippen molar-refractivity contribution in [1.29, 1.82) is 0 Å². The Bertz CT molecular complexity index is 476. The molecule has 0 unspecified atom stereocenters. The predicted molar refractivity (Wildman–Crippen MR) is 55.7 cm³/mol. The first kappa shape index (κ1) is 16.7. The molecule has 0 amide bonds. The second-order valence-corrected chi connectivity index (χ2v) is 2.76. The minimum Gasteiger partial charge on any atom is -0.478 e. The van der Waals surface area contributed by atoms with Crippen molar-refractivity contribution in [3.8, 4) is 0 Å². The van der Waals surface area contributed by atoms with Gasteiger partial charge >= 0.3 is 35.8 Å². The Kier molecular flexibility index (Phi) is 6.61. The molecule has 0 aliphatic rings. The highest BCUT2D eigenvalue weighted by atomic mass is 16.6. The molecule has 0 aliphatic carbocycles. The van der Waals surface area contributed by atoms with Gasteiger partial charge in [-0.05, 0) is 0 Å². The van der Waals surface area contributed by atoms with Crippen molar-refractivity contribution in [3.05, 3.63) is 24.3 Å². The molecule has 0 spiro atoms. The van der Waals surface area contributed by atoms with Crippen LogP contribution in [0.5, 0.6) is 0 Å². The van der Waals surface area contributed by atoms with E-state index in [1.54, 1.807) is 0 Å². The van der Waals surface area contributed by atoms with E-state index in [0.717, 1.165) is 0 Å². The van der Waals surface area contributed by atoms with Gasteiger partial charge in [0.05, 0.1) is 0 Å². The van der Waals surface area contributed by atoms with Crippen LogP contribution in [-0.4, -0.2) is 46.0 Å². The second-order valence-electron chi connectivity index (χ2n) is 2.76.